The Bertz CT molecular complexity index is 840. The van der Waals surface area contributed by atoms with Crippen molar-refractivity contribution < 1.29 is 14.3 Å². The predicted octanol–water partition coefficient (Wildman–Crippen LogP) is 2.00. The van der Waals surface area contributed by atoms with Crippen molar-refractivity contribution in [2.45, 2.75) is 37.3 Å². The molecule has 148 valence electrons. The van der Waals surface area contributed by atoms with Crippen molar-refractivity contribution in [2.24, 2.45) is 7.05 Å². The van der Waals surface area contributed by atoms with Gasteiger partial charge in [0.1, 0.15) is 0 Å². The van der Waals surface area contributed by atoms with E-state index in [1.165, 1.54) is 0 Å². The smallest absolute Gasteiger partial charge is 0.254 e. The number of rotatable bonds is 3. The summed E-state index contributed by atoms with van der Waals surface area (Å²) in [6.45, 7) is 1.98. The lowest BCUT2D eigenvalue weighted by atomic mass is 9.82. The highest BCUT2D eigenvalue weighted by Gasteiger charge is 2.41. The first-order chi connectivity index (χ1) is 13.5. The number of piperidine rings is 1. The third-order valence-corrected chi connectivity index (χ3v) is 5.78. The summed E-state index contributed by atoms with van der Waals surface area (Å²) < 4.78 is 7.78. The molecule has 1 spiro atoms. The Morgan fingerprint density at radius 2 is 1.93 bits per heavy atom. The maximum atomic E-state index is 12.7. The fourth-order valence-corrected chi connectivity index (χ4v) is 4.19. The highest BCUT2D eigenvalue weighted by atomic mass is 16.5. The number of aromatic nitrogens is 2. The van der Waals surface area contributed by atoms with E-state index in [1.807, 2.05) is 35.2 Å². The molecule has 4 rings (SSSR count). The lowest BCUT2D eigenvalue weighted by Crippen LogP contribution is -2.54. The monoisotopic (exact) mass is 382 g/mol. The van der Waals surface area contributed by atoms with Gasteiger partial charge < -0.3 is 15.0 Å². The number of likely N-dealkylation sites (tertiary alicyclic amines) is 1. The van der Waals surface area contributed by atoms with Crippen LogP contribution in [0.3, 0.4) is 0 Å². The van der Waals surface area contributed by atoms with Gasteiger partial charge in [-0.1, -0.05) is 18.2 Å². The standard InChI is InChI=1S/C21H26N4O3/c1-24-15-17(14-22-24)19(26)23-18-7-12-28-21(13-18)8-10-25(11-9-21)20(27)16-5-3-2-4-6-16/h2-6,14-15,18H,7-13H2,1H3,(H,23,26)/t18-/m1/s1. The van der Waals surface area contributed by atoms with Gasteiger partial charge in [0.25, 0.3) is 11.8 Å². The van der Waals surface area contributed by atoms with Gasteiger partial charge in [-0.25, -0.2) is 0 Å². The van der Waals surface area contributed by atoms with Gasteiger partial charge in [-0.3, -0.25) is 14.3 Å². The number of nitrogens with one attached hydrogen (secondary N) is 1. The molecule has 0 saturated carbocycles. The predicted molar refractivity (Wildman–Crippen MR) is 104 cm³/mol. The third-order valence-electron chi connectivity index (χ3n) is 5.78. The SMILES string of the molecule is Cn1cc(C(=O)N[C@@H]2CCOC3(CCN(C(=O)c4ccccc4)CC3)C2)cn1. The van der Waals surface area contributed by atoms with E-state index in [-0.39, 0.29) is 23.5 Å². The van der Waals surface area contributed by atoms with Crippen LogP contribution in [0.2, 0.25) is 0 Å². The summed E-state index contributed by atoms with van der Waals surface area (Å²) in [5.74, 6) is -0.0143. The van der Waals surface area contributed by atoms with E-state index < -0.39 is 0 Å². The first-order valence-electron chi connectivity index (χ1n) is 9.82. The van der Waals surface area contributed by atoms with Gasteiger partial charge in [-0.15, -0.1) is 0 Å². The number of aryl methyl sites for hydroxylation is 1. The van der Waals surface area contributed by atoms with Gasteiger partial charge in [0.15, 0.2) is 0 Å². The summed E-state index contributed by atoms with van der Waals surface area (Å²) in [6, 6.07) is 9.48. The van der Waals surface area contributed by atoms with E-state index in [2.05, 4.69) is 10.4 Å². The van der Waals surface area contributed by atoms with Crippen molar-refractivity contribution in [3.05, 3.63) is 53.9 Å². The van der Waals surface area contributed by atoms with Crippen molar-refractivity contribution >= 4 is 11.8 Å². The first-order valence-corrected chi connectivity index (χ1v) is 9.82. The topological polar surface area (TPSA) is 76.5 Å². The zero-order chi connectivity index (χ0) is 19.6. The molecule has 2 fully saturated rings. The molecular formula is C21H26N4O3. The molecule has 1 aromatic carbocycles. The fourth-order valence-electron chi connectivity index (χ4n) is 4.19. The molecule has 28 heavy (non-hydrogen) atoms. The normalized spacial score (nSPS) is 21.5. The maximum absolute atomic E-state index is 12.7. The number of ether oxygens (including phenoxy) is 1. The zero-order valence-electron chi connectivity index (χ0n) is 16.1. The second-order valence-electron chi connectivity index (χ2n) is 7.76. The lowest BCUT2D eigenvalue weighted by Gasteiger charge is -2.46. The third kappa shape index (κ3) is 3.94. The summed E-state index contributed by atoms with van der Waals surface area (Å²) in [6.07, 6.45) is 6.48. The van der Waals surface area contributed by atoms with Crippen LogP contribution >= 0.6 is 0 Å². The van der Waals surface area contributed by atoms with Crippen LogP contribution in [0.15, 0.2) is 42.7 Å². The number of hydrogen-bond acceptors (Lipinski definition) is 4. The molecule has 3 heterocycles. The van der Waals surface area contributed by atoms with Gasteiger partial charge in [0, 0.05) is 44.5 Å². The molecule has 0 radical (unpaired) electrons. The number of amides is 2. The number of hydrogen-bond donors (Lipinski definition) is 1. The molecule has 0 unspecified atom stereocenters. The van der Waals surface area contributed by atoms with Crippen LogP contribution in [0.4, 0.5) is 0 Å². The number of benzene rings is 1. The Morgan fingerprint density at radius 3 is 2.61 bits per heavy atom. The maximum Gasteiger partial charge on any atom is 0.254 e. The molecule has 2 aliphatic heterocycles. The molecule has 2 aromatic rings. The highest BCUT2D eigenvalue weighted by Crippen LogP contribution is 2.35. The van der Waals surface area contributed by atoms with Gasteiger partial charge in [-0.2, -0.15) is 5.10 Å². The Balaban J connectivity index is 1.34. The van der Waals surface area contributed by atoms with Crippen LogP contribution in [-0.2, 0) is 11.8 Å². The van der Waals surface area contributed by atoms with Crippen LogP contribution in [0.5, 0.6) is 0 Å². The molecular weight excluding hydrogens is 356 g/mol. The van der Waals surface area contributed by atoms with Crippen LogP contribution < -0.4 is 5.32 Å². The second-order valence-corrected chi connectivity index (χ2v) is 7.76. The van der Waals surface area contributed by atoms with E-state index in [0.717, 1.165) is 31.2 Å². The molecule has 1 atom stereocenters. The van der Waals surface area contributed by atoms with Gasteiger partial charge in [-0.05, 0) is 37.8 Å². The summed E-state index contributed by atoms with van der Waals surface area (Å²) in [5, 5.41) is 7.18. The molecule has 2 aliphatic rings. The second kappa shape index (κ2) is 7.75. The van der Waals surface area contributed by atoms with Crippen LogP contribution in [0, 0.1) is 0 Å². The average molecular weight is 382 g/mol. The molecule has 7 heteroatoms. The minimum Gasteiger partial charge on any atom is -0.375 e. The quantitative estimate of drug-likeness (QED) is 0.881. The lowest BCUT2D eigenvalue weighted by molar-refractivity contribution is -0.114. The van der Waals surface area contributed by atoms with Crippen LogP contribution in [0.1, 0.15) is 46.4 Å². The summed E-state index contributed by atoms with van der Waals surface area (Å²) >= 11 is 0. The van der Waals surface area contributed by atoms with Gasteiger partial charge in [0.05, 0.1) is 17.4 Å². The van der Waals surface area contributed by atoms with Crippen LogP contribution in [-0.4, -0.2) is 57.8 Å². The first kappa shape index (κ1) is 18.7. The summed E-state index contributed by atoms with van der Waals surface area (Å²) in [7, 11) is 1.80. The molecule has 1 N–H and O–H groups in total. The molecule has 0 aliphatic carbocycles. The Morgan fingerprint density at radius 1 is 1.18 bits per heavy atom. The number of carbonyl (C=O) groups is 2. The number of nitrogens with zero attached hydrogens (tertiary/aromatic N) is 3. The minimum atomic E-state index is -0.251. The van der Waals surface area contributed by atoms with E-state index >= 15 is 0 Å². The van der Waals surface area contributed by atoms with E-state index in [1.54, 1.807) is 24.1 Å². The molecule has 0 bridgehead atoms. The number of carbonyl (C=O) groups excluding carboxylic acids is 2. The largest absolute Gasteiger partial charge is 0.375 e. The van der Waals surface area contributed by atoms with Crippen molar-refractivity contribution in [1.29, 1.82) is 0 Å². The van der Waals surface area contributed by atoms with Crippen molar-refractivity contribution in [3.8, 4) is 0 Å². The van der Waals surface area contributed by atoms with Crippen molar-refractivity contribution in [3.63, 3.8) is 0 Å². The summed E-state index contributed by atoms with van der Waals surface area (Å²) in [4.78, 5) is 27.0. The zero-order valence-corrected chi connectivity index (χ0v) is 16.1. The molecule has 2 amide bonds. The molecule has 2 saturated heterocycles. The average Bonchev–Trinajstić information content (AvgIpc) is 3.15. The molecule has 1 aromatic heterocycles. The summed E-state index contributed by atoms with van der Waals surface area (Å²) in [5.41, 5.74) is 1.05. The fraction of sp³-hybridized carbons (Fsp3) is 0.476. The van der Waals surface area contributed by atoms with E-state index in [4.69, 9.17) is 4.74 Å². The Labute approximate surface area is 164 Å². The molecule has 7 nitrogen and oxygen atoms in total. The Kier molecular flexibility index (Phi) is 5.17. The Hall–Kier alpha value is -2.67. The van der Waals surface area contributed by atoms with Crippen molar-refractivity contribution in [2.75, 3.05) is 19.7 Å². The van der Waals surface area contributed by atoms with Crippen molar-refractivity contribution in [1.82, 2.24) is 20.0 Å². The van der Waals surface area contributed by atoms with E-state index in [0.29, 0.717) is 25.3 Å². The van der Waals surface area contributed by atoms with E-state index in [9.17, 15) is 9.59 Å². The van der Waals surface area contributed by atoms with Gasteiger partial charge in [0.2, 0.25) is 0 Å². The van der Waals surface area contributed by atoms with Gasteiger partial charge >= 0.3 is 0 Å². The highest BCUT2D eigenvalue weighted by molar-refractivity contribution is 5.94. The minimum absolute atomic E-state index is 0.0766. The van der Waals surface area contributed by atoms with Crippen LogP contribution in [0.25, 0.3) is 0 Å².